The Kier molecular flexibility index (Phi) is 4.06. The molecule has 1 aliphatic heterocycles. The van der Waals surface area contributed by atoms with Gasteiger partial charge in [-0.15, -0.1) is 0 Å². The lowest BCUT2D eigenvalue weighted by Gasteiger charge is -2.50. The first kappa shape index (κ1) is 16.5. The van der Waals surface area contributed by atoms with Crippen LogP contribution in [0.15, 0.2) is 23.4 Å². The summed E-state index contributed by atoms with van der Waals surface area (Å²) in [6, 6.07) is -0.924. The third kappa shape index (κ3) is 2.41. The molecule has 0 spiro atoms. The van der Waals surface area contributed by atoms with Crippen LogP contribution in [-0.4, -0.2) is 64.8 Å². The lowest BCUT2D eigenvalue weighted by molar-refractivity contribution is -0.182. The normalized spacial score (nSPS) is 46.7. The fraction of sp³-hybridized carbons (Fsp3) is 0.733. The predicted molar refractivity (Wildman–Crippen MR) is 77.4 cm³/mol. The van der Waals surface area contributed by atoms with Crippen molar-refractivity contribution in [2.75, 3.05) is 13.9 Å². The van der Waals surface area contributed by atoms with Gasteiger partial charge in [-0.2, -0.15) is 0 Å². The van der Waals surface area contributed by atoms with Gasteiger partial charge < -0.3 is 40.4 Å². The maximum atomic E-state index is 10.5. The SMILES string of the molecule is COC1=CC(C)([C@@H]2[C@@H](N)[C@H](O)[C@H](O)[C@@H](O)[C@@H]2O)CC2=C1OCO2. The summed E-state index contributed by atoms with van der Waals surface area (Å²) in [4.78, 5) is 0. The van der Waals surface area contributed by atoms with Crippen LogP contribution < -0.4 is 5.73 Å². The highest BCUT2D eigenvalue weighted by Gasteiger charge is 2.55. The third-order valence-corrected chi connectivity index (χ3v) is 5.12. The second-order valence-electron chi connectivity index (χ2n) is 6.62. The average molecular weight is 329 g/mol. The molecule has 1 fully saturated rings. The van der Waals surface area contributed by atoms with Crippen LogP contribution in [0, 0.1) is 11.3 Å². The zero-order valence-electron chi connectivity index (χ0n) is 13.0. The largest absolute Gasteiger partial charge is 0.493 e. The van der Waals surface area contributed by atoms with Gasteiger partial charge in [-0.1, -0.05) is 6.92 Å². The van der Waals surface area contributed by atoms with Gasteiger partial charge in [-0.25, -0.2) is 0 Å². The molecule has 3 rings (SSSR count). The summed E-state index contributed by atoms with van der Waals surface area (Å²) in [6.07, 6.45) is -3.47. The summed E-state index contributed by atoms with van der Waals surface area (Å²) < 4.78 is 16.2. The lowest BCUT2D eigenvalue weighted by atomic mass is 9.61. The van der Waals surface area contributed by atoms with E-state index < -0.39 is 41.8 Å². The van der Waals surface area contributed by atoms with Crippen LogP contribution in [0.4, 0.5) is 0 Å². The Labute approximate surface area is 133 Å². The van der Waals surface area contributed by atoms with Gasteiger partial charge in [0.1, 0.15) is 18.0 Å². The zero-order chi connectivity index (χ0) is 16.9. The Morgan fingerprint density at radius 2 is 1.78 bits per heavy atom. The van der Waals surface area contributed by atoms with E-state index in [9.17, 15) is 20.4 Å². The molecule has 0 aromatic carbocycles. The monoisotopic (exact) mass is 329 g/mol. The fourth-order valence-electron chi connectivity index (χ4n) is 3.89. The third-order valence-electron chi connectivity index (χ3n) is 5.12. The van der Waals surface area contributed by atoms with Crippen molar-refractivity contribution in [3.05, 3.63) is 23.4 Å². The van der Waals surface area contributed by atoms with E-state index in [0.29, 0.717) is 23.7 Å². The number of hydrogen-bond acceptors (Lipinski definition) is 8. The number of allylic oxidation sites excluding steroid dienone is 2. The summed E-state index contributed by atoms with van der Waals surface area (Å²) in [7, 11) is 1.49. The van der Waals surface area contributed by atoms with Gasteiger partial charge in [0.15, 0.2) is 5.76 Å². The summed E-state index contributed by atoms with van der Waals surface area (Å²) in [6.45, 7) is 1.92. The minimum absolute atomic E-state index is 0.0880. The molecule has 7 atom stereocenters. The van der Waals surface area contributed by atoms with Crippen LogP contribution >= 0.6 is 0 Å². The zero-order valence-corrected chi connectivity index (χ0v) is 13.0. The Bertz CT molecular complexity index is 532. The van der Waals surface area contributed by atoms with Crippen LogP contribution in [-0.2, 0) is 14.2 Å². The first-order valence-electron chi connectivity index (χ1n) is 7.54. The minimum Gasteiger partial charge on any atom is -0.493 e. The van der Waals surface area contributed by atoms with E-state index in [4.69, 9.17) is 19.9 Å². The van der Waals surface area contributed by atoms with Gasteiger partial charge in [0.05, 0.1) is 19.3 Å². The molecule has 0 saturated heterocycles. The second-order valence-corrected chi connectivity index (χ2v) is 6.62. The maximum Gasteiger partial charge on any atom is 0.231 e. The maximum absolute atomic E-state index is 10.5. The number of aliphatic hydroxyl groups is 4. The van der Waals surface area contributed by atoms with Crippen molar-refractivity contribution in [3.8, 4) is 0 Å². The number of nitrogens with two attached hydrogens (primary N) is 1. The molecule has 0 aromatic rings. The van der Waals surface area contributed by atoms with Crippen molar-refractivity contribution in [1.82, 2.24) is 0 Å². The molecule has 8 heteroatoms. The van der Waals surface area contributed by atoms with Crippen molar-refractivity contribution in [3.63, 3.8) is 0 Å². The van der Waals surface area contributed by atoms with E-state index in [1.54, 1.807) is 6.08 Å². The van der Waals surface area contributed by atoms with Gasteiger partial charge >= 0.3 is 0 Å². The number of aliphatic hydroxyl groups excluding tert-OH is 4. The van der Waals surface area contributed by atoms with E-state index >= 15 is 0 Å². The molecule has 3 aliphatic rings. The van der Waals surface area contributed by atoms with E-state index in [2.05, 4.69) is 0 Å². The summed E-state index contributed by atoms with van der Waals surface area (Å²) in [5.41, 5.74) is 5.32. The molecule has 6 N–H and O–H groups in total. The Morgan fingerprint density at radius 1 is 1.13 bits per heavy atom. The molecule has 1 unspecified atom stereocenters. The average Bonchev–Trinajstić information content (AvgIpc) is 2.98. The molecular weight excluding hydrogens is 306 g/mol. The molecule has 130 valence electrons. The Hall–Kier alpha value is -1.32. The van der Waals surface area contributed by atoms with E-state index in [0.717, 1.165) is 0 Å². The van der Waals surface area contributed by atoms with Gasteiger partial charge in [0, 0.05) is 23.8 Å². The number of hydrogen-bond donors (Lipinski definition) is 5. The first-order valence-corrected chi connectivity index (χ1v) is 7.54. The van der Waals surface area contributed by atoms with Crippen molar-refractivity contribution in [2.24, 2.45) is 17.1 Å². The fourth-order valence-corrected chi connectivity index (χ4v) is 3.89. The first-order chi connectivity index (χ1) is 10.8. The molecule has 0 bridgehead atoms. The summed E-state index contributed by atoms with van der Waals surface area (Å²) >= 11 is 0. The number of methoxy groups -OCH3 is 1. The molecule has 23 heavy (non-hydrogen) atoms. The van der Waals surface area contributed by atoms with Gasteiger partial charge in [0.25, 0.3) is 0 Å². The predicted octanol–water partition coefficient (Wildman–Crippen LogP) is -1.46. The van der Waals surface area contributed by atoms with E-state index in [1.807, 2.05) is 6.92 Å². The number of ether oxygens (including phenoxy) is 3. The quantitative estimate of drug-likeness (QED) is 0.415. The van der Waals surface area contributed by atoms with Gasteiger partial charge in [-0.3, -0.25) is 0 Å². The van der Waals surface area contributed by atoms with Crippen molar-refractivity contribution >= 4 is 0 Å². The molecule has 0 aromatic heterocycles. The van der Waals surface area contributed by atoms with Crippen LogP contribution in [0.5, 0.6) is 0 Å². The van der Waals surface area contributed by atoms with E-state index in [1.165, 1.54) is 7.11 Å². The Morgan fingerprint density at radius 3 is 2.43 bits per heavy atom. The molecule has 1 saturated carbocycles. The van der Waals surface area contributed by atoms with Gasteiger partial charge in [0.2, 0.25) is 12.6 Å². The highest BCUT2D eigenvalue weighted by atomic mass is 16.7. The van der Waals surface area contributed by atoms with Gasteiger partial charge in [-0.05, 0) is 6.08 Å². The smallest absolute Gasteiger partial charge is 0.231 e. The van der Waals surface area contributed by atoms with Crippen LogP contribution in [0.1, 0.15) is 13.3 Å². The lowest BCUT2D eigenvalue weighted by Crippen LogP contribution is -2.67. The van der Waals surface area contributed by atoms with Crippen LogP contribution in [0.2, 0.25) is 0 Å². The number of rotatable bonds is 2. The van der Waals surface area contributed by atoms with Crippen LogP contribution in [0.3, 0.4) is 0 Å². The molecular formula is C15H23NO7. The second kappa shape index (κ2) is 5.64. The molecule has 2 aliphatic carbocycles. The molecule has 1 heterocycles. The van der Waals surface area contributed by atoms with Crippen LogP contribution in [0.25, 0.3) is 0 Å². The Balaban J connectivity index is 1.98. The summed E-state index contributed by atoms with van der Waals surface area (Å²) in [5.74, 6) is 0.853. The molecule has 0 radical (unpaired) electrons. The topological polar surface area (TPSA) is 135 Å². The highest BCUT2D eigenvalue weighted by molar-refractivity contribution is 5.34. The summed E-state index contributed by atoms with van der Waals surface area (Å²) in [5, 5.41) is 40.4. The minimum atomic E-state index is -1.49. The van der Waals surface area contributed by atoms with Crippen molar-refractivity contribution in [2.45, 2.75) is 43.8 Å². The van der Waals surface area contributed by atoms with E-state index in [-0.39, 0.29) is 6.79 Å². The highest BCUT2D eigenvalue weighted by Crippen LogP contribution is 2.49. The molecule has 8 nitrogen and oxygen atoms in total. The van der Waals surface area contributed by atoms with Crippen molar-refractivity contribution in [1.29, 1.82) is 0 Å². The standard InChI is InChI=1S/C15H23NO7/c1-15(3-6(21-2)14-7(4-15)22-5-23-14)8-9(16)11(18)13(20)12(19)10(8)17/h3,8-13,17-20H,4-5,16H2,1-2H3/t8-,9-,10-,11+,12+,13+,15?/m1/s1. The van der Waals surface area contributed by atoms with Crippen molar-refractivity contribution < 1.29 is 34.6 Å². The molecule has 0 amide bonds.